The maximum atomic E-state index is 13.9. The molecule has 1 aromatic carbocycles. The van der Waals surface area contributed by atoms with Crippen molar-refractivity contribution in [2.75, 3.05) is 19.8 Å². The monoisotopic (exact) mass is 596 g/mol. The molecule has 0 fully saturated rings. The Morgan fingerprint density at radius 2 is 1.52 bits per heavy atom. The summed E-state index contributed by atoms with van der Waals surface area (Å²) < 4.78 is 26.1. The maximum absolute atomic E-state index is 13.9. The van der Waals surface area contributed by atoms with E-state index in [-0.39, 0.29) is 30.2 Å². The predicted octanol–water partition coefficient (Wildman–Crippen LogP) is 3.04. The van der Waals surface area contributed by atoms with Gasteiger partial charge in [-0.3, -0.25) is 19.1 Å². The fourth-order valence-electron chi connectivity index (χ4n) is 4.83. The third kappa shape index (κ3) is 9.62. The quantitative estimate of drug-likeness (QED) is 0.282. The van der Waals surface area contributed by atoms with Crippen LogP contribution >= 0.6 is 12.2 Å². The number of rotatable bonds is 14. The molecule has 0 aromatic heterocycles. The molecule has 1 unspecified atom stereocenters. The summed E-state index contributed by atoms with van der Waals surface area (Å²) in [4.78, 5) is 41.8. The number of hydrogen-bond donors (Lipinski definition) is 3. The lowest BCUT2D eigenvalue weighted by Crippen LogP contribution is -2.61. The van der Waals surface area contributed by atoms with Gasteiger partial charge in [-0.25, -0.2) is 8.42 Å². The summed E-state index contributed by atoms with van der Waals surface area (Å²) >= 11 is 4.61. The third-order valence-corrected chi connectivity index (χ3v) is 8.89. The van der Waals surface area contributed by atoms with Crippen LogP contribution in [-0.4, -0.2) is 74.4 Å². The SMILES string of the molecule is CN[C@H](C(=O)N[C@H](C(=O)N(C)[C@H](CC(C)C(=O)NS(=O)(=O)CC=S)C(C)C)C(C)(C)C)C(C)(C)c1ccccc1. The van der Waals surface area contributed by atoms with E-state index in [9.17, 15) is 22.8 Å². The first-order valence-electron chi connectivity index (χ1n) is 13.6. The van der Waals surface area contributed by atoms with Crippen molar-refractivity contribution in [2.24, 2.45) is 17.3 Å². The lowest BCUT2D eigenvalue weighted by atomic mass is 9.76. The summed E-state index contributed by atoms with van der Waals surface area (Å²) in [5.74, 6) is -2.40. The van der Waals surface area contributed by atoms with E-state index in [1.54, 1.807) is 25.9 Å². The molecule has 0 heterocycles. The minimum atomic E-state index is -3.85. The van der Waals surface area contributed by atoms with Crippen LogP contribution in [0.5, 0.6) is 0 Å². The van der Waals surface area contributed by atoms with Crippen LogP contribution in [0.25, 0.3) is 0 Å². The largest absolute Gasteiger partial charge is 0.342 e. The van der Waals surface area contributed by atoms with Crippen LogP contribution in [0.15, 0.2) is 30.3 Å². The van der Waals surface area contributed by atoms with E-state index in [0.717, 1.165) is 10.9 Å². The van der Waals surface area contributed by atoms with Crippen molar-refractivity contribution in [2.45, 2.75) is 85.4 Å². The molecule has 0 saturated carbocycles. The van der Waals surface area contributed by atoms with E-state index in [2.05, 4.69) is 27.6 Å². The zero-order chi connectivity index (χ0) is 31.1. The maximum Gasteiger partial charge on any atom is 0.245 e. The Morgan fingerprint density at radius 1 is 0.975 bits per heavy atom. The average Bonchev–Trinajstić information content (AvgIpc) is 2.84. The third-order valence-electron chi connectivity index (χ3n) is 7.39. The highest BCUT2D eigenvalue weighted by Gasteiger charge is 2.42. The van der Waals surface area contributed by atoms with Crippen LogP contribution in [0.3, 0.4) is 0 Å². The molecular weight excluding hydrogens is 548 g/mol. The van der Waals surface area contributed by atoms with Crippen molar-refractivity contribution < 1.29 is 22.8 Å². The van der Waals surface area contributed by atoms with Crippen molar-refractivity contribution in [3.63, 3.8) is 0 Å². The van der Waals surface area contributed by atoms with E-state index in [4.69, 9.17) is 0 Å². The van der Waals surface area contributed by atoms with Gasteiger partial charge in [-0.05, 0) is 35.7 Å². The molecule has 3 amide bonds. The second kappa shape index (κ2) is 14.5. The van der Waals surface area contributed by atoms with Gasteiger partial charge in [-0.15, -0.1) is 0 Å². The van der Waals surface area contributed by atoms with E-state index in [1.165, 1.54) is 0 Å². The number of nitrogens with one attached hydrogen (secondary N) is 3. The molecule has 0 radical (unpaired) electrons. The van der Waals surface area contributed by atoms with Gasteiger partial charge in [0.05, 0.1) is 11.8 Å². The Labute approximate surface area is 246 Å². The first kappa shape index (κ1) is 35.7. The zero-order valence-electron chi connectivity index (χ0n) is 25.6. The van der Waals surface area contributed by atoms with Gasteiger partial charge < -0.3 is 15.5 Å². The van der Waals surface area contributed by atoms with Crippen molar-refractivity contribution in [1.82, 2.24) is 20.3 Å². The summed E-state index contributed by atoms with van der Waals surface area (Å²) in [6.07, 6.45) is 0.240. The van der Waals surface area contributed by atoms with Crippen LogP contribution in [-0.2, 0) is 29.8 Å². The van der Waals surface area contributed by atoms with E-state index in [1.807, 2.05) is 78.8 Å². The highest BCUT2D eigenvalue weighted by Crippen LogP contribution is 2.29. The Bertz CT molecular complexity index is 1130. The fraction of sp³-hybridized carbons (Fsp3) is 0.655. The summed E-state index contributed by atoms with van der Waals surface area (Å²) in [6.45, 7) is 15.1. The van der Waals surface area contributed by atoms with Crippen LogP contribution in [0.1, 0.15) is 67.4 Å². The number of likely N-dealkylation sites (N-methyl/N-ethyl adjacent to an activating group) is 2. The molecule has 1 aromatic rings. The highest BCUT2D eigenvalue weighted by atomic mass is 32.2. The number of carbonyl (C=O) groups is 3. The van der Waals surface area contributed by atoms with Gasteiger partial charge in [0.25, 0.3) is 0 Å². The molecule has 0 aliphatic heterocycles. The highest BCUT2D eigenvalue weighted by molar-refractivity contribution is 7.92. The molecule has 9 nitrogen and oxygen atoms in total. The number of nitrogens with zero attached hydrogens (tertiary/aromatic N) is 1. The number of hydrogen-bond acceptors (Lipinski definition) is 7. The van der Waals surface area contributed by atoms with Crippen molar-refractivity contribution in [3.8, 4) is 0 Å². The molecule has 226 valence electrons. The molecular formula is C29H48N4O5S2. The minimum Gasteiger partial charge on any atom is -0.342 e. The van der Waals surface area contributed by atoms with Gasteiger partial charge in [0.2, 0.25) is 27.7 Å². The van der Waals surface area contributed by atoms with Gasteiger partial charge in [-0.2, -0.15) is 0 Å². The average molecular weight is 597 g/mol. The Balaban J connectivity index is 3.21. The normalized spacial score (nSPS) is 15.5. The van der Waals surface area contributed by atoms with Crippen LogP contribution in [0, 0.1) is 17.3 Å². The predicted molar refractivity (Wildman–Crippen MR) is 164 cm³/mol. The Morgan fingerprint density at radius 3 is 1.98 bits per heavy atom. The second-order valence-corrected chi connectivity index (χ2v) is 14.5. The zero-order valence-corrected chi connectivity index (χ0v) is 27.2. The van der Waals surface area contributed by atoms with Crippen molar-refractivity contribution >= 4 is 45.3 Å². The van der Waals surface area contributed by atoms with Gasteiger partial charge in [0.1, 0.15) is 6.04 Å². The molecule has 0 bridgehead atoms. The van der Waals surface area contributed by atoms with Gasteiger partial charge in [0, 0.05) is 24.4 Å². The molecule has 3 N–H and O–H groups in total. The van der Waals surface area contributed by atoms with E-state index >= 15 is 0 Å². The Kier molecular flexibility index (Phi) is 12.9. The number of sulfonamides is 1. The van der Waals surface area contributed by atoms with Crippen LogP contribution in [0.4, 0.5) is 0 Å². The summed E-state index contributed by atoms with van der Waals surface area (Å²) in [5.41, 5.74) is -0.195. The number of benzene rings is 1. The fourth-order valence-corrected chi connectivity index (χ4v) is 6.13. The van der Waals surface area contributed by atoms with Crippen LogP contribution in [0.2, 0.25) is 0 Å². The summed E-state index contributed by atoms with van der Waals surface area (Å²) in [5, 5.41) is 7.19. The Hall–Kier alpha value is -2.37. The van der Waals surface area contributed by atoms with Crippen LogP contribution < -0.4 is 15.4 Å². The van der Waals surface area contributed by atoms with E-state index in [0.29, 0.717) is 0 Å². The smallest absolute Gasteiger partial charge is 0.245 e. The second-order valence-electron chi connectivity index (χ2n) is 12.4. The van der Waals surface area contributed by atoms with Crippen molar-refractivity contribution in [3.05, 3.63) is 35.9 Å². The lowest BCUT2D eigenvalue weighted by molar-refractivity contribution is -0.142. The number of amides is 3. The topological polar surface area (TPSA) is 125 Å². The number of thiocarbonyl (C=S) groups is 1. The summed E-state index contributed by atoms with van der Waals surface area (Å²) in [7, 11) is -0.464. The molecule has 4 atom stereocenters. The molecule has 0 aliphatic carbocycles. The molecule has 0 saturated heterocycles. The summed E-state index contributed by atoms with van der Waals surface area (Å²) in [6, 6.07) is 7.89. The number of carbonyl (C=O) groups excluding carboxylic acids is 3. The molecule has 0 spiro atoms. The molecule has 11 heteroatoms. The van der Waals surface area contributed by atoms with E-state index < -0.39 is 50.5 Å². The molecule has 1 rings (SSSR count). The molecule has 40 heavy (non-hydrogen) atoms. The molecule has 0 aliphatic rings. The van der Waals surface area contributed by atoms with Gasteiger partial charge >= 0.3 is 0 Å². The van der Waals surface area contributed by atoms with Gasteiger partial charge in [-0.1, -0.05) is 97.9 Å². The lowest BCUT2D eigenvalue weighted by Gasteiger charge is -2.40. The first-order valence-corrected chi connectivity index (χ1v) is 15.7. The van der Waals surface area contributed by atoms with Crippen molar-refractivity contribution in [1.29, 1.82) is 0 Å². The minimum absolute atomic E-state index is 0.0415. The first-order chi connectivity index (χ1) is 18.3. The van der Waals surface area contributed by atoms with Gasteiger partial charge in [0.15, 0.2) is 0 Å². The standard InChI is InChI=1S/C29H48N4O5S2/c1-19(2)22(18-20(3)25(34)32-40(37,38)17-16-39)33(10)27(36)24(28(4,5)6)31-26(35)23(30-9)29(7,8)21-14-12-11-13-15-21/h11-16,19-20,22-24,30H,17-18H2,1-10H3,(H,31,35)(H,32,34)/t20?,22-,23-,24-/m1/s1.